The highest BCUT2D eigenvalue weighted by atomic mass is 19.4. The monoisotopic (exact) mass is 310 g/mol. The van der Waals surface area contributed by atoms with Gasteiger partial charge in [-0.1, -0.05) is 18.2 Å². The summed E-state index contributed by atoms with van der Waals surface area (Å²) < 4.78 is 63.6. The second-order valence-corrected chi connectivity index (χ2v) is 4.46. The smallest absolute Gasteiger partial charge is 0.330 e. The molecule has 0 radical (unpaired) electrons. The molecule has 0 fully saturated rings. The highest BCUT2D eigenvalue weighted by Crippen LogP contribution is 2.38. The molecule has 118 valence electrons. The number of nitrogens with zero attached hydrogens (tertiary/aromatic N) is 1. The number of nitrogens with two attached hydrogens (primary N) is 1. The summed E-state index contributed by atoms with van der Waals surface area (Å²) in [6, 6.07) is 5.88. The van der Waals surface area contributed by atoms with Crippen molar-refractivity contribution in [3.63, 3.8) is 0 Å². The summed E-state index contributed by atoms with van der Waals surface area (Å²) in [6.07, 6.45) is -5.83. The molecule has 2 N–H and O–H groups in total. The molecule has 8 heteroatoms. The van der Waals surface area contributed by atoms with Gasteiger partial charge in [0, 0.05) is 12.2 Å². The van der Waals surface area contributed by atoms with Crippen LogP contribution in [0.4, 0.5) is 27.6 Å². The molecular formula is C13H15F5N2O. The van der Waals surface area contributed by atoms with E-state index in [1.54, 1.807) is 6.07 Å². The average molecular weight is 310 g/mol. The fourth-order valence-corrected chi connectivity index (χ4v) is 1.74. The Bertz CT molecular complexity index is 502. The largest absolute Gasteiger partial charge is 0.463 e. The highest BCUT2D eigenvalue weighted by Gasteiger charge is 2.64. The highest BCUT2D eigenvalue weighted by molar-refractivity contribution is 5.99. The fraction of sp³-hybridized carbons (Fsp3) is 0.462. The van der Waals surface area contributed by atoms with Crippen LogP contribution in [-0.4, -0.2) is 31.1 Å². The summed E-state index contributed by atoms with van der Waals surface area (Å²) in [4.78, 5) is 12.1. The third-order valence-corrected chi connectivity index (χ3v) is 2.86. The van der Waals surface area contributed by atoms with Gasteiger partial charge in [-0.3, -0.25) is 4.79 Å². The van der Waals surface area contributed by atoms with Gasteiger partial charge < -0.3 is 10.6 Å². The number of para-hydroxylation sites is 1. The van der Waals surface area contributed by atoms with Crippen molar-refractivity contribution in [2.75, 3.05) is 18.0 Å². The molecule has 0 aromatic heterocycles. The number of carbonyl (C=O) groups excluding carboxylic acids is 1. The van der Waals surface area contributed by atoms with Crippen molar-refractivity contribution in [1.29, 1.82) is 0 Å². The van der Waals surface area contributed by atoms with Gasteiger partial charge in [-0.2, -0.15) is 22.0 Å². The maximum absolute atomic E-state index is 13.3. The predicted molar refractivity (Wildman–Crippen MR) is 68.2 cm³/mol. The van der Waals surface area contributed by atoms with E-state index in [4.69, 9.17) is 5.73 Å². The van der Waals surface area contributed by atoms with E-state index >= 15 is 0 Å². The summed E-state index contributed by atoms with van der Waals surface area (Å²) in [5.41, 5.74) is 5.67. The van der Waals surface area contributed by atoms with E-state index < -0.39 is 18.0 Å². The lowest BCUT2D eigenvalue weighted by atomic mass is 10.1. The quantitative estimate of drug-likeness (QED) is 0.850. The molecule has 0 aliphatic rings. The summed E-state index contributed by atoms with van der Waals surface area (Å²) >= 11 is 0. The van der Waals surface area contributed by atoms with Crippen molar-refractivity contribution in [3.8, 4) is 0 Å². The number of carbonyl (C=O) groups is 1. The van der Waals surface area contributed by atoms with Gasteiger partial charge in [0.25, 0.3) is 0 Å². The Labute approximate surface area is 118 Å². The molecule has 0 aliphatic heterocycles. The van der Waals surface area contributed by atoms with Gasteiger partial charge in [-0.15, -0.1) is 0 Å². The minimum atomic E-state index is -5.94. The summed E-state index contributed by atoms with van der Waals surface area (Å²) in [6.45, 7) is 1.27. The van der Waals surface area contributed by atoms with Gasteiger partial charge in [0.15, 0.2) is 0 Å². The van der Waals surface area contributed by atoms with Gasteiger partial charge in [0.1, 0.15) is 0 Å². The van der Waals surface area contributed by atoms with Crippen molar-refractivity contribution >= 4 is 11.6 Å². The van der Waals surface area contributed by atoms with E-state index in [2.05, 4.69) is 0 Å². The first-order chi connectivity index (χ1) is 9.63. The lowest BCUT2D eigenvalue weighted by Gasteiger charge is -2.29. The molecule has 0 heterocycles. The fourth-order valence-electron chi connectivity index (χ4n) is 1.74. The number of hydrogen-bond acceptors (Lipinski definition) is 2. The number of halogens is 5. The Balaban J connectivity index is 3.21. The van der Waals surface area contributed by atoms with Gasteiger partial charge in [-0.25, -0.2) is 0 Å². The molecule has 21 heavy (non-hydrogen) atoms. The summed E-state index contributed by atoms with van der Waals surface area (Å²) in [5, 5.41) is 0. The Morgan fingerprint density at radius 2 is 1.76 bits per heavy atom. The molecule has 0 bridgehead atoms. The number of hydrogen-bond donors (Lipinski definition) is 1. The number of anilines is 1. The van der Waals surface area contributed by atoms with E-state index in [9.17, 15) is 26.7 Å². The third-order valence-electron chi connectivity index (χ3n) is 2.86. The first-order valence-corrected chi connectivity index (χ1v) is 6.15. The molecule has 0 unspecified atom stereocenters. The number of aryl methyl sites for hydroxylation is 1. The summed E-state index contributed by atoms with van der Waals surface area (Å²) in [5.74, 6) is -7.73. The standard InChI is InChI=1S/C13H15F5N2O/c1-9-5-2-3-6-10(9)20(8-4-7-19)11(21)12(14,15)13(16,17)18/h2-3,5-6H,4,7-8,19H2,1H3. The van der Waals surface area contributed by atoms with Crippen LogP contribution < -0.4 is 10.6 Å². The van der Waals surface area contributed by atoms with Crippen LogP contribution in [0.5, 0.6) is 0 Å². The zero-order valence-corrected chi connectivity index (χ0v) is 11.3. The number of benzene rings is 1. The normalized spacial score (nSPS) is 12.3. The maximum atomic E-state index is 13.3. The van der Waals surface area contributed by atoms with Crippen molar-refractivity contribution in [2.45, 2.75) is 25.4 Å². The molecule has 3 nitrogen and oxygen atoms in total. The first-order valence-electron chi connectivity index (χ1n) is 6.15. The zero-order chi connectivity index (χ0) is 16.3. The van der Waals surface area contributed by atoms with E-state index in [1.165, 1.54) is 25.1 Å². The van der Waals surface area contributed by atoms with Gasteiger partial charge in [0.2, 0.25) is 0 Å². The molecule has 0 spiro atoms. The van der Waals surface area contributed by atoms with Crippen LogP contribution in [0.2, 0.25) is 0 Å². The van der Waals surface area contributed by atoms with Crippen molar-refractivity contribution in [2.24, 2.45) is 5.73 Å². The molecule has 1 aromatic rings. The Morgan fingerprint density at radius 1 is 1.19 bits per heavy atom. The SMILES string of the molecule is Cc1ccccc1N(CCCN)C(=O)C(F)(F)C(F)(F)F. The van der Waals surface area contributed by atoms with Crippen LogP contribution in [0.3, 0.4) is 0 Å². The molecule has 0 aliphatic carbocycles. The van der Waals surface area contributed by atoms with Gasteiger partial charge in [0.05, 0.1) is 0 Å². The van der Waals surface area contributed by atoms with Crippen LogP contribution in [-0.2, 0) is 4.79 Å². The van der Waals surface area contributed by atoms with Crippen LogP contribution in [0, 0.1) is 6.92 Å². The summed E-state index contributed by atoms with van der Waals surface area (Å²) in [7, 11) is 0. The van der Waals surface area contributed by atoms with Crippen LogP contribution in [0.25, 0.3) is 0 Å². The average Bonchev–Trinajstić information content (AvgIpc) is 2.39. The predicted octanol–water partition coefficient (Wildman–Crippen LogP) is 2.87. The molecule has 1 rings (SSSR count). The van der Waals surface area contributed by atoms with Crippen LogP contribution >= 0.6 is 0 Å². The van der Waals surface area contributed by atoms with E-state index in [1.807, 2.05) is 0 Å². The van der Waals surface area contributed by atoms with E-state index in [-0.39, 0.29) is 25.2 Å². The minimum Gasteiger partial charge on any atom is -0.330 e. The Hall–Kier alpha value is -1.70. The van der Waals surface area contributed by atoms with Crippen molar-refractivity contribution < 1.29 is 26.7 Å². The van der Waals surface area contributed by atoms with Crippen molar-refractivity contribution in [3.05, 3.63) is 29.8 Å². The molecule has 0 saturated heterocycles. The Kier molecular flexibility index (Phi) is 5.27. The topological polar surface area (TPSA) is 46.3 Å². The third kappa shape index (κ3) is 3.69. The van der Waals surface area contributed by atoms with Gasteiger partial charge >= 0.3 is 18.0 Å². The van der Waals surface area contributed by atoms with E-state index in [0.29, 0.717) is 10.5 Å². The maximum Gasteiger partial charge on any atom is 0.463 e. The molecule has 1 aromatic carbocycles. The minimum absolute atomic E-state index is 0.0138. The number of rotatable bonds is 5. The number of amides is 1. The van der Waals surface area contributed by atoms with E-state index in [0.717, 1.165) is 0 Å². The molecule has 0 saturated carbocycles. The zero-order valence-electron chi connectivity index (χ0n) is 11.3. The molecule has 0 atom stereocenters. The second-order valence-electron chi connectivity index (χ2n) is 4.46. The molecule has 1 amide bonds. The van der Waals surface area contributed by atoms with Crippen LogP contribution in [0.1, 0.15) is 12.0 Å². The Morgan fingerprint density at radius 3 is 2.24 bits per heavy atom. The second kappa shape index (κ2) is 6.38. The van der Waals surface area contributed by atoms with Gasteiger partial charge in [-0.05, 0) is 31.5 Å². The number of alkyl halides is 5. The lowest BCUT2D eigenvalue weighted by Crippen LogP contribution is -2.53. The van der Waals surface area contributed by atoms with Crippen molar-refractivity contribution in [1.82, 2.24) is 0 Å². The first kappa shape index (κ1) is 17.4. The molecular weight excluding hydrogens is 295 g/mol. The lowest BCUT2D eigenvalue weighted by molar-refractivity contribution is -0.268. The van der Waals surface area contributed by atoms with Crippen LogP contribution in [0.15, 0.2) is 24.3 Å².